The second-order valence-corrected chi connectivity index (χ2v) is 8.99. The summed E-state index contributed by atoms with van der Waals surface area (Å²) >= 11 is 0. The first-order valence-corrected chi connectivity index (χ1v) is 12.1. The number of hydroxylamine groups is 2. The molecule has 0 bridgehead atoms. The predicted molar refractivity (Wildman–Crippen MR) is 129 cm³/mol. The number of quaternary nitrogens is 1. The standard InChI is InChI=1S/C26H37NO8/c1-3-27(31)16-19(25(28)29)12-14-33-21-8-10-22(11-9-21)35-18(2)5-4-13-32-23-7-6-20-17-34-26(30)24(20)15-23/h3-4,8,10-15,18-21,23,25-30H,1,5-7,9,16-17H2,2H3/b13-4+,14-12+/t18?,19?,20?,21?,23?,26-/m1/s1. The second-order valence-electron chi connectivity index (χ2n) is 8.99. The first-order chi connectivity index (χ1) is 16.9. The number of hydrogen-bond acceptors (Lipinski definition) is 8. The van der Waals surface area contributed by atoms with Crippen molar-refractivity contribution in [2.75, 3.05) is 13.2 Å². The number of nitrogens with one attached hydrogen (secondary N) is 1. The number of aliphatic hydroxyl groups is 3. The summed E-state index contributed by atoms with van der Waals surface area (Å²) in [6.45, 7) is 5.91. The van der Waals surface area contributed by atoms with E-state index in [1.807, 2.05) is 37.3 Å². The molecule has 6 unspecified atom stereocenters. The van der Waals surface area contributed by atoms with Crippen LogP contribution in [0.5, 0.6) is 0 Å². The van der Waals surface area contributed by atoms with Crippen molar-refractivity contribution in [3.8, 4) is 0 Å². The lowest BCUT2D eigenvalue weighted by molar-refractivity contribution is -0.795. The van der Waals surface area contributed by atoms with Crippen molar-refractivity contribution in [2.45, 2.75) is 63.5 Å². The van der Waals surface area contributed by atoms with Crippen LogP contribution in [0.15, 0.2) is 73.1 Å². The minimum absolute atomic E-state index is 0.0431. The van der Waals surface area contributed by atoms with Gasteiger partial charge in [0.2, 0.25) is 0 Å². The highest BCUT2D eigenvalue weighted by atomic mass is 16.6. The summed E-state index contributed by atoms with van der Waals surface area (Å²) in [5.41, 5.74) is 0.939. The molecule has 1 heterocycles. The van der Waals surface area contributed by atoms with Gasteiger partial charge in [0.25, 0.3) is 0 Å². The third kappa shape index (κ3) is 8.64. The van der Waals surface area contributed by atoms with Crippen molar-refractivity contribution in [1.29, 1.82) is 0 Å². The highest BCUT2D eigenvalue weighted by Crippen LogP contribution is 2.34. The molecular formula is C26H37NO8. The molecule has 3 aliphatic rings. The van der Waals surface area contributed by atoms with Crippen molar-refractivity contribution >= 4 is 0 Å². The van der Waals surface area contributed by atoms with Gasteiger partial charge < -0.3 is 44.5 Å². The first kappa shape index (κ1) is 27.2. The predicted octanol–water partition coefficient (Wildman–Crippen LogP) is 1.56. The monoisotopic (exact) mass is 491 g/mol. The van der Waals surface area contributed by atoms with E-state index in [1.54, 1.807) is 6.26 Å². The molecule has 0 aromatic carbocycles. The van der Waals surface area contributed by atoms with E-state index < -0.39 is 18.5 Å². The zero-order valence-corrected chi connectivity index (χ0v) is 20.1. The van der Waals surface area contributed by atoms with E-state index in [4.69, 9.17) is 18.9 Å². The van der Waals surface area contributed by atoms with Crippen molar-refractivity contribution in [1.82, 2.24) is 0 Å². The van der Waals surface area contributed by atoms with Gasteiger partial charge in [0.05, 0.1) is 43.9 Å². The number of allylic oxidation sites excluding steroid dienone is 1. The Bertz CT molecular complexity index is 833. The van der Waals surface area contributed by atoms with Gasteiger partial charge in [-0.15, -0.1) is 0 Å². The third-order valence-corrected chi connectivity index (χ3v) is 6.20. The van der Waals surface area contributed by atoms with Gasteiger partial charge in [-0.05, 0) is 68.4 Å². The smallest absolute Gasteiger partial charge is 0.177 e. The van der Waals surface area contributed by atoms with Crippen LogP contribution in [0.25, 0.3) is 0 Å². The van der Waals surface area contributed by atoms with E-state index in [9.17, 15) is 20.5 Å². The summed E-state index contributed by atoms with van der Waals surface area (Å²) in [5.74, 6) is 0.322. The summed E-state index contributed by atoms with van der Waals surface area (Å²) in [4.78, 5) is 0. The van der Waals surface area contributed by atoms with Gasteiger partial charge >= 0.3 is 0 Å². The molecule has 9 nitrogen and oxygen atoms in total. The van der Waals surface area contributed by atoms with Gasteiger partial charge in [-0.2, -0.15) is 0 Å². The molecule has 9 heteroatoms. The normalized spacial score (nSPS) is 29.0. The lowest BCUT2D eigenvalue weighted by Gasteiger charge is -2.23. The van der Waals surface area contributed by atoms with Crippen LogP contribution in [0.1, 0.15) is 32.6 Å². The Morgan fingerprint density at radius 3 is 2.77 bits per heavy atom. The molecule has 0 saturated carbocycles. The molecule has 3 rings (SSSR count). The van der Waals surface area contributed by atoms with Crippen molar-refractivity contribution in [3.05, 3.63) is 78.3 Å². The minimum Gasteiger partial charge on any atom is -0.629 e. The Labute approximate surface area is 206 Å². The van der Waals surface area contributed by atoms with E-state index >= 15 is 0 Å². The van der Waals surface area contributed by atoms with Crippen LogP contribution in [0.4, 0.5) is 0 Å². The lowest BCUT2D eigenvalue weighted by atomic mass is 9.88. The average Bonchev–Trinajstić information content (AvgIpc) is 3.22. The van der Waals surface area contributed by atoms with Crippen molar-refractivity contribution in [2.24, 2.45) is 11.8 Å². The maximum absolute atomic E-state index is 11.4. The molecule has 7 atom stereocenters. The Balaban J connectivity index is 1.34. The zero-order valence-electron chi connectivity index (χ0n) is 20.1. The molecule has 0 amide bonds. The number of ether oxygens (including phenoxy) is 4. The van der Waals surface area contributed by atoms with Gasteiger partial charge in [-0.25, -0.2) is 0 Å². The maximum atomic E-state index is 11.4. The molecule has 0 aromatic rings. The molecule has 2 aliphatic carbocycles. The van der Waals surface area contributed by atoms with Crippen LogP contribution >= 0.6 is 0 Å². The van der Waals surface area contributed by atoms with Gasteiger partial charge in [-0.3, -0.25) is 0 Å². The Kier molecular flexibility index (Phi) is 10.6. The molecule has 1 aliphatic heterocycles. The molecule has 0 spiro atoms. The Morgan fingerprint density at radius 1 is 1.26 bits per heavy atom. The maximum Gasteiger partial charge on any atom is 0.177 e. The Morgan fingerprint density at radius 2 is 2.06 bits per heavy atom. The van der Waals surface area contributed by atoms with E-state index in [-0.39, 0.29) is 29.9 Å². The quantitative estimate of drug-likeness (QED) is 0.132. The summed E-state index contributed by atoms with van der Waals surface area (Å²) in [7, 11) is 0. The number of fused-ring (bicyclic) bond motifs is 1. The summed E-state index contributed by atoms with van der Waals surface area (Å²) in [6, 6.07) is 0. The van der Waals surface area contributed by atoms with Crippen LogP contribution in [-0.2, 0) is 18.9 Å². The number of aliphatic hydroxyl groups excluding tert-OH is 2. The topological polar surface area (TPSA) is 125 Å². The molecule has 194 valence electrons. The fourth-order valence-corrected chi connectivity index (χ4v) is 4.13. The molecule has 1 saturated heterocycles. The first-order valence-electron chi connectivity index (χ1n) is 12.1. The zero-order chi connectivity index (χ0) is 25.2. The fourth-order valence-electron chi connectivity index (χ4n) is 4.13. The van der Waals surface area contributed by atoms with Gasteiger partial charge in [0.1, 0.15) is 18.0 Å². The molecule has 0 aromatic heterocycles. The SMILES string of the molecule is C=C[NH+]([O-])CC(/C=C/OC1C=CC(OC(C)C/C=C/OC2C=C3C(CC2)CO[C@H]3O)=CC1)C(O)O. The van der Waals surface area contributed by atoms with Crippen molar-refractivity contribution < 1.29 is 39.3 Å². The third-order valence-electron chi connectivity index (χ3n) is 6.20. The Hall–Kier alpha value is -2.40. The highest BCUT2D eigenvalue weighted by Gasteiger charge is 2.34. The summed E-state index contributed by atoms with van der Waals surface area (Å²) in [6.07, 6.45) is 15.7. The summed E-state index contributed by atoms with van der Waals surface area (Å²) < 4.78 is 22.7. The van der Waals surface area contributed by atoms with E-state index in [0.717, 1.165) is 30.4 Å². The average molecular weight is 492 g/mol. The molecule has 0 radical (unpaired) electrons. The molecule has 1 fully saturated rings. The number of hydrogen-bond donors (Lipinski definition) is 4. The molecule has 4 N–H and O–H groups in total. The van der Waals surface area contributed by atoms with Crippen LogP contribution in [0.3, 0.4) is 0 Å². The summed E-state index contributed by atoms with van der Waals surface area (Å²) in [5, 5.41) is 39.8. The second kappa shape index (κ2) is 13.6. The fraction of sp³-hybridized carbons (Fsp3) is 0.538. The lowest BCUT2D eigenvalue weighted by Crippen LogP contribution is -3.03. The number of rotatable bonds is 13. The van der Waals surface area contributed by atoms with Gasteiger partial charge in [0, 0.05) is 18.8 Å². The van der Waals surface area contributed by atoms with Crippen LogP contribution < -0.4 is 5.06 Å². The largest absolute Gasteiger partial charge is 0.629 e. The van der Waals surface area contributed by atoms with Crippen LogP contribution in [0.2, 0.25) is 0 Å². The van der Waals surface area contributed by atoms with E-state index in [1.165, 1.54) is 12.3 Å². The van der Waals surface area contributed by atoms with Crippen molar-refractivity contribution in [3.63, 3.8) is 0 Å². The molecular weight excluding hydrogens is 454 g/mol. The van der Waals surface area contributed by atoms with Gasteiger partial charge in [-0.1, -0.05) is 0 Å². The minimum atomic E-state index is -1.65. The van der Waals surface area contributed by atoms with E-state index in [0.29, 0.717) is 25.4 Å². The van der Waals surface area contributed by atoms with E-state index in [2.05, 4.69) is 6.58 Å². The molecule has 35 heavy (non-hydrogen) atoms. The van der Waals surface area contributed by atoms with Crippen LogP contribution in [0, 0.1) is 17.0 Å². The van der Waals surface area contributed by atoms with Gasteiger partial charge in [0.15, 0.2) is 12.6 Å². The van der Waals surface area contributed by atoms with Crippen LogP contribution in [-0.4, -0.2) is 59.4 Å². The highest BCUT2D eigenvalue weighted by molar-refractivity contribution is 5.20.